The van der Waals surface area contributed by atoms with E-state index in [0.717, 1.165) is 77.0 Å². The highest BCUT2D eigenvalue weighted by molar-refractivity contribution is 7.47. The Hall–Kier alpha value is -1.77. The summed E-state index contributed by atoms with van der Waals surface area (Å²) in [6, 6.07) is -0.848. The van der Waals surface area contributed by atoms with E-state index in [1.54, 1.807) is 0 Å². The molecule has 0 fully saturated rings. The predicted octanol–water partition coefficient (Wildman–Crippen LogP) is 21.5. The van der Waals surface area contributed by atoms with Crippen LogP contribution in [-0.2, 0) is 27.9 Å². The molecule has 1 amide bonds. The topological polar surface area (TPSA) is 111 Å². The minimum atomic E-state index is -4.45. The molecule has 10 heteroatoms. The molecular formula is C69H134N2O7P+. The van der Waals surface area contributed by atoms with E-state index in [-0.39, 0.29) is 31.5 Å². The number of likely N-dealkylation sites (N-methyl/N-ethyl adjacent to an activating group) is 1. The van der Waals surface area contributed by atoms with Crippen LogP contribution >= 0.6 is 7.82 Å². The van der Waals surface area contributed by atoms with Gasteiger partial charge in [0.1, 0.15) is 19.3 Å². The number of nitrogens with one attached hydrogen (secondary N) is 1. The second kappa shape index (κ2) is 59.4. The first-order chi connectivity index (χ1) is 38.4. The number of unbranched alkanes of at least 4 members (excludes halogenated alkanes) is 43. The van der Waals surface area contributed by atoms with Crippen LogP contribution in [-0.4, -0.2) is 74.3 Å². The van der Waals surface area contributed by atoms with E-state index in [1.807, 2.05) is 33.3 Å². The minimum Gasteiger partial charge on any atom is -0.456 e. The number of ether oxygens (including phenoxy) is 1. The Bertz CT molecular complexity index is 1450. The Morgan fingerprint density at radius 3 is 1.16 bits per heavy atom. The van der Waals surface area contributed by atoms with Crippen LogP contribution < -0.4 is 5.32 Å². The van der Waals surface area contributed by atoms with Crippen LogP contribution in [0.25, 0.3) is 0 Å². The van der Waals surface area contributed by atoms with Gasteiger partial charge in [-0.05, 0) is 63.9 Å². The first-order valence-electron chi connectivity index (χ1n) is 34.3. The number of carbonyl (C=O) groups is 2. The number of hydrogen-bond donors (Lipinski definition) is 2. The summed E-state index contributed by atoms with van der Waals surface area (Å²) in [5.41, 5.74) is 0. The van der Waals surface area contributed by atoms with Gasteiger partial charge in [0.2, 0.25) is 5.91 Å². The lowest BCUT2D eigenvalue weighted by Gasteiger charge is -2.27. The smallest absolute Gasteiger partial charge is 0.456 e. The van der Waals surface area contributed by atoms with Gasteiger partial charge in [0.15, 0.2) is 0 Å². The number of allylic oxidation sites excluding steroid dienone is 5. The van der Waals surface area contributed by atoms with Gasteiger partial charge in [-0.25, -0.2) is 4.57 Å². The van der Waals surface area contributed by atoms with Gasteiger partial charge >= 0.3 is 13.8 Å². The molecule has 0 aliphatic heterocycles. The van der Waals surface area contributed by atoms with E-state index < -0.39 is 20.0 Å². The zero-order chi connectivity index (χ0) is 57.9. The van der Waals surface area contributed by atoms with Crippen molar-refractivity contribution in [2.24, 2.45) is 0 Å². The molecular weight excluding hydrogens is 1000 g/mol. The zero-order valence-electron chi connectivity index (χ0n) is 53.4. The highest BCUT2D eigenvalue weighted by Crippen LogP contribution is 2.43. The largest absolute Gasteiger partial charge is 0.472 e. The zero-order valence-corrected chi connectivity index (χ0v) is 54.3. The average molecular weight is 1130 g/mol. The van der Waals surface area contributed by atoms with E-state index >= 15 is 0 Å². The summed E-state index contributed by atoms with van der Waals surface area (Å²) in [4.78, 5) is 37.8. The summed E-state index contributed by atoms with van der Waals surface area (Å²) < 4.78 is 30.8. The van der Waals surface area contributed by atoms with E-state index in [1.165, 1.54) is 231 Å². The molecule has 79 heavy (non-hydrogen) atoms. The Kier molecular flexibility index (Phi) is 58.1. The molecule has 0 aliphatic rings. The SMILES string of the molecule is CCCCC/C=C\C/C=C\CCCCCCCCCC(=O)OC(/C=C\CCCCCCCCCCC)C(COP(=O)(O)OCC[N+](C)(C)C)NC(=O)CCCCCCCCCCCCCCCCCCCCCCCCCCC. The minimum absolute atomic E-state index is 0.0413. The number of amides is 1. The van der Waals surface area contributed by atoms with E-state index in [0.29, 0.717) is 17.4 Å². The Balaban J connectivity index is 5.01. The molecule has 0 saturated carbocycles. The summed E-state index contributed by atoms with van der Waals surface area (Å²) in [5.74, 6) is -0.498. The third kappa shape index (κ3) is 60.6. The molecule has 0 aliphatic carbocycles. The normalized spacial score (nSPS) is 13.8. The van der Waals surface area contributed by atoms with Crippen LogP contribution in [0.4, 0.5) is 0 Å². The van der Waals surface area contributed by atoms with Crippen molar-refractivity contribution < 1.29 is 37.3 Å². The molecule has 3 atom stereocenters. The summed E-state index contributed by atoms with van der Waals surface area (Å²) in [7, 11) is 1.51. The first-order valence-corrected chi connectivity index (χ1v) is 35.8. The predicted molar refractivity (Wildman–Crippen MR) is 342 cm³/mol. The number of phosphoric ester groups is 1. The van der Waals surface area contributed by atoms with Crippen molar-refractivity contribution in [1.29, 1.82) is 0 Å². The highest BCUT2D eigenvalue weighted by Gasteiger charge is 2.30. The van der Waals surface area contributed by atoms with Gasteiger partial charge in [-0.15, -0.1) is 0 Å². The Labute approximate surface area is 491 Å². The van der Waals surface area contributed by atoms with Crippen molar-refractivity contribution >= 4 is 19.7 Å². The van der Waals surface area contributed by atoms with E-state index in [9.17, 15) is 19.0 Å². The highest BCUT2D eigenvalue weighted by atomic mass is 31.2. The Morgan fingerprint density at radius 2 is 0.772 bits per heavy atom. The lowest BCUT2D eigenvalue weighted by Crippen LogP contribution is -2.47. The van der Waals surface area contributed by atoms with Crippen LogP contribution in [0.15, 0.2) is 36.5 Å². The quantitative estimate of drug-likeness (QED) is 0.0205. The van der Waals surface area contributed by atoms with Gasteiger partial charge in [-0.3, -0.25) is 18.6 Å². The molecule has 0 heterocycles. The van der Waals surface area contributed by atoms with Gasteiger partial charge in [0.25, 0.3) is 0 Å². The fourth-order valence-electron chi connectivity index (χ4n) is 10.3. The van der Waals surface area contributed by atoms with Crippen molar-refractivity contribution in [3.05, 3.63) is 36.5 Å². The van der Waals surface area contributed by atoms with Crippen LogP contribution in [0.1, 0.15) is 342 Å². The molecule has 9 nitrogen and oxygen atoms in total. The molecule has 0 aromatic heterocycles. The summed E-state index contributed by atoms with van der Waals surface area (Å²) in [5, 5.41) is 3.07. The molecule has 0 bridgehead atoms. The van der Waals surface area contributed by atoms with Gasteiger partial charge in [0.05, 0.1) is 33.8 Å². The number of esters is 1. The Morgan fingerprint density at radius 1 is 0.443 bits per heavy atom. The summed E-state index contributed by atoms with van der Waals surface area (Å²) in [6.45, 7) is 7.03. The van der Waals surface area contributed by atoms with Crippen molar-refractivity contribution in [2.45, 2.75) is 354 Å². The molecule has 0 saturated heterocycles. The van der Waals surface area contributed by atoms with Gasteiger partial charge < -0.3 is 19.4 Å². The second-order valence-corrected chi connectivity index (χ2v) is 26.2. The van der Waals surface area contributed by atoms with Crippen LogP contribution in [0.2, 0.25) is 0 Å². The summed E-state index contributed by atoms with van der Waals surface area (Å²) in [6.07, 6.45) is 73.0. The van der Waals surface area contributed by atoms with E-state index in [4.69, 9.17) is 13.8 Å². The summed E-state index contributed by atoms with van der Waals surface area (Å²) >= 11 is 0. The maximum Gasteiger partial charge on any atom is 0.472 e. The number of phosphoric acid groups is 1. The van der Waals surface area contributed by atoms with Crippen molar-refractivity contribution in [2.75, 3.05) is 40.9 Å². The molecule has 0 spiro atoms. The molecule has 466 valence electrons. The van der Waals surface area contributed by atoms with E-state index in [2.05, 4.69) is 50.4 Å². The van der Waals surface area contributed by atoms with Crippen LogP contribution in [0.3, 0.4) is 0 Å². The molecule has 0 rings (SSSR count). The molecule has 0 aromatic carbocycles. The number of hydrogen-bond acceptors (Lipinski definition) is 6. The molecule has 0 aromatic rings. The number of nitrogens with zero attached hydrogens (tertiary/aromatic N) is 1. The molecule has 3 unspecified atom stereocenters. The third-order valence-electron chi connectivity index (χ3n) is 15.6. The van der Waals surface area contributed by atoms with Crippen molar-refractivity contribution in [3.63, 3.8) is 0 Å². The lowest BCUT2D eigenvalue weighted by molar-refractivity contribution is -0.870. The van der Waals surface area contributed by atoms with Crippen molar-refractivity contribution in [3.8, 4) is 0 Å². The van der Waals surface area contributed by atoms with Crippen molar-refractivity contribution in [1.82, 2.24) is 5.32 Å². The fourth-order valence-corrected chi connectivity index (χ4v) is 11.0. The second-order valence-electron chi connectivity index (χ2n) is 24.7. The monoisotopic (exact) mass is 1130 g/mol. The standard InChI is InChI=1S/C69H133N2O7P/c1-7-10-13-16-19-22-25-27-29-31-32-33-34-35-36-37-38-40-41-43-46-49-52-55-58-61-68(72)70-66(65-77-79(74,75)76-64-63-71(4,5)6)67(60-57-54-51-48-45-24-21-18-15-12-9-3)78-69(73)62-59-56-53-50-47-44-42-39-30-28-26-23-20-17-14-11-8-2/h20,23,28,30,57,60,66-67H,7-19,21-22,24-27,29,31-56,58-59,61-65H2,1-6H3,(H-,70,72,74,75)/p+1/b23-20-,30-28-,60-57-. The molecule has 0 radical (unpaired) electrons. The van der Waals surface area contributed by atoms with Gasteiger partial charge in [0, 0.05) is 12.8 Å². The maximum atomic E-state index is 13.6. The van der Waals surface area contributed by atoms with Crippen LogP contribution in [0.5, 0.6) is 0 Å². The van der Waals surface area contributed by atoms with Crippen LogP contribution in [0, 0.1) is 0 Å². The molecule has 2 N–H and O–H groups in total. The van der Waals surface area contributed by atoms with Gasteiger partial charge in [-0.2, -0.15) is 0 Å². The maximum absolute atomic E-state index is 13.6. The third-order valence-corrected chi connectivity index (χ3v) is 16.6. The average Bonchev–Trinajstić information content (AvgIpc) is 3.41. The fraction of sp³-hybridized carbons (Fsp3) is 0.884. The van der Waals surface area contributed by atoms with Gasteiger partial charge in [-0.1, -0.05) is 302 Å². The number of quaternary nitrogens is 1. The number of carbonyl (C=O) groups excluding carboxylic acids is 2. The first kappa shape index (κ1) is 77.2. The number of rotatable bonds is 63. The lowest BCUT2D eigenvalue weighted by atomic mass is 10.0.